The first-order valence-electron chi connectivity index (χ1n) is 5.69. The highest BCUT2D eigenvalue weighted by molar-refractivity contribution is 9.09. The van der Waals surface area contributed by atoms with Crippen molar-refractivity contribution in [3.8, 4) is 0 Å². The van der Waals surface area contributed by atoms with E-state index in [9.17, 15) is 4.79 Å². The number of alkyl halides is 1. The first-order valence-corrected chi connectivity index (χ1v) is 6.60. The third-order valence-electron chi connectivity index (χ3n) is 3.14. The van der Waals surface area contributed by atoms with E-state index in [1.165, 1.54) is 6.42 Å². The van der Waals surface area contributed by atoms with Crippen molar-refractivity contribution in [2.24, 2.45) is 0 Å². The lowest BCUT2D eigenvalue weighted by Crippen LogP contribution is -2.37. The zero-order valence-electron chi connectivity index (χ0n) is 9.37. The van der Waals surface area contributed by atoms with Crippen molar-refractivity contribution in [2.45, 2.75) is 37.1 Å². The molecule has 2 nitrogen and oxygen atoms in total. The molecule has 86 valence electrons. The summed E-state index contributed by atoms with van der Waals surface area (Å²) in [7, 11) is 0. The molecule has 1 N–H and O–H groups in total. The summed E-state index contributed by atoms with van der Waals surface area (Å²) in [5, 5.41) is 3.10. The van der Waals surface area contributed by atoms with Gasteiger partial charge in [-0.05, 0) is 31.4 Å². The van der Waals surface area contributed by atoms with Gasteiger partial charge in [-0.3, -0.25) is 4.79 Å². The van der Waals surface area contributed by atoms with Crippen LogP contribution in [-0.2, 0) is 0 Å². The van der Waals surface area contributed by atoms with Crippen molar-refractivity contribution in [3.63, 3.8) is 0 Å². The van der Waals surface area contributed by atoms with Crippen LogP contribution in [0.2, 0.25) is 0 Å². The van der Waals surface area contributed by atoms with E-state index in [-0.39, 0.29) is 11.9 Å². The first kappa shape index (κ1) is 11.6. The van der Waals surface area contributed by atoms with E-state index in [0.717, 1.165) is 24.0 Å². The Bertz CT molecular complexity index is 391. The van der Waals surface area contributed by atoms with Crippen LogP contribution in [0.4, 0.5) is 0 Å². The molecular weight excluding hydrogens is 266 g/mol. The van der Waals surface area contributed by atoms with Crippen molar-refractivity contribution in [3.05, 3.63) is 35.4 Å². The summed E-state index contributed by atoms with van der Waals surface area (Å²) in [6.45, 7) is 1.97. The van der Waals surface area contributed by atoms with Crippen molar-refractivity contribution in [2.75, 3.05) is 0 Å². The lowest BCUT2D eigenvalue weighted by atomic mass is 10.1. The second-order valence-electron chi connectivity index (χ2n) is 4.34. The second kappa shape index (κ2) is 5.00. The lowest BCUT2D eigenvalue weighted by molar-refractivity contribution is 0.0938. The average Bonchev–Trinajstić information content (AvgIpc) is 2.65. The van der Waals surface area contributed by atoms with Crippen LogP contribution in [0, 0.1) is 6.92 Å². The molecule has 3 heteroatoms. The summed E-state index contributed by atoms with van der Waals surface area (Å²) in [5.41, 5.74) is 1.82. The zero-order chi connectivity index (χ0) is 11.5. The van der Waals surface area contributed by atoms with E-state index in [1.807, 2.05) is 31.2 Å². The summed E-state index contributed by atoms with van der Waals surface area (Å²) < 4.78 is 0. The van der Waals surface area contributed by atoms with E-state index < -0.39 is 0 Å². The molecule has 1 aromatic carbocycles. The fourth-order valence-electron chi connectivity index (χ4n) is 2.15. The van der Waals surface area contributed by atoms with Crippen LogP contribution in [0.25, 0.3) is 0 Å². The maximum atomic E-state index is 12.0. The number of rotatable bonds is 2. The number of aryl methyl sites for hydroxylation is 1. The predicted molar refractivity (Wildman–Crippen MR) is 69.0 cm³/mol. The fourth-order valence-corrected chi connectivity index (χ4v) is 2.87. The first-order chi connectivity index (χ1) is 7.68. The molecule has 0 bridgehead atoms. The van der Waals surface area contributed by atoms with Crippen LogP contribution in [0.15, 0.2) is 24.3 Å². The molecule has 0 heterocycles. The van der Waals surface area contributed by atoms with Gasteiger partial charge in [0, 0.05) is 16.4 Å². The largest absolute Gasteiger partial charge is 0.348 e. The van der Waals surface area contributed by atoms with Gasteiger partial charge < -0.3 is 5.32 Å². The van der Waals surface area contributed by atoms with Gasteiger partial charge >= 0.3 is 0 Å². The van der Waals surface area contributed by atoms with Gasteiger partial charge in [-0.1, -0.05) is 40.5 Å². The maximum absolute atomic E-state index is 12.0. The molecule has 2 atom stereocenters. The van der Waals surface area contributed by atoms with E-state index >= 15 is 0 Å². The highest BCUT2D eigenvalue weighted by Gasteiger charge is 2.26. The van der Waals surface area contributed by atoms with Crippen molar-refractivity contribution in [1.82, 2.24) is 5.32 Å². The number of carbonyl (C=O) groups excluding carboxylic acids is 1. The molecule has 1 aliphatic rings. The van der Waals surface area contributed by atoms with Gasteiger partial charge in [-0.2, -0.15) is 0 Å². The quantitative estimate of drug-likeness (QED) is 0.830. The molecular formula is C13H16BrNO. The van der Waals surface area contributed by atoms with Gasteiger partial charge in [0.25, 0.3) is 5.91 Å². The van der Waals surface area contributed by atoms with E-state index in [4.69, 9.17) is 0 Å². The summed E-state index contributed by atoms with van der Waals surface area (Å²) in [6, 6.07) is 7.99. The molecule has 1 saturated carbocycles. The molecule has 2 rings (SSSR count). The van der Waals surface area contributed by atoms with Crippen molar-refractivity contribution < 1.29 is 4.79 Å². The molecule has 0 aromatic heterocycles. The number of halogens is 1. The van der Waals surface area contributed by atoms with Crippen LogP contribution in [-0.4, -0.2) is 16.8 Å². The number of nitrogens with one attached hydrogen (secondary N) is 1. The Balaban J connectivity index is 2.06. The van der Waals surface area contributed by atoms with Gasteiger partial charge in [0.15, 0.2) is 0 Å². The molecule has 0 spiro atoms. The minimum Gasteiger partial charge on any atom is -0.348 e. The van der Waals surface area contributed by atoms with Crippen LogP contribution in [0.1, 0.15) is 35.2 Å². The SMILES string of the molecule is Cc1ccccc1C(=O)NC1CCCC1Br. The highest BCUT2D eigenvalue weighted by Crippen LogP contribution is 2.25. The molecule has 0 radical (unpaired) electrons. The molecule has 1 amide bonds. The van der Waals surface area contributed by atoms with Gasteiger partial charge in [-0.25, -0.2) is 0 Å². The van der Waals surface area contributed by atoms with Crippen LogP contribution in [0.5, 0.6) is 0 Å². The van der Waals surface area contributed by atoms with E-state index in [0.29, 0.717) is 4.83 Å². The van der Waals surface area contributed by atoms with Gasteiger partial charge in [0.1, 0.15) is 0 Å². The number of carbonyl (C=O) groups is 1. The molecule has 1 aromatic rings. The summed E-state index contributed by atoms with van der Waals surface area (Å²) in [5.74, 6) is 0.0504. The minimum atomic E-state index is 0.0504. The Hall–Kier alpha value is -0.830. The maximum Gasteiger partial charge on any atom is 0.251 e. The van der Waals surface area contributed by atoms with Crippen molar-refractivity contribution >= 4 is 21.8 Å². The Morgan fingerprint density at radius 1 is 1.38 bits per heavy atom. The standard InChI is InChI=1S/C13H16BrNO/c1-9-5-2-3-6-10(9)13(16)15-12-8-4-7-11(12)14/h2-3,5-6,11-12H,4,7-8H2,1H3,(H,15,16). The van der Waals surface area contributed by atoms with E-state index in [2.05, 4.69) is 21.2 Å². The topological polar surface area (TPSA) is 29.1 Å². The lowest BCUT2D eigenvalue weighted by Gasteiger charge is -2.16. The normalized spacial score (nSPS) is 24.4. The van der Waals surface area contributed by atoms with Crippen LogP contribution in [0.3, 0.4) is 0 Å². The van der Waals surface area contributed by atoms with Crippen LogP contribution < -0.4 is 5.32 Å². The number of benzene rings is 1. The summed E-state index contributed by atoms with van der Waals surface area (Å²) in [4.78, 5) is 12.5. The predicted octanol–water partition coefficient (Wildman–Crippen LogP) is 3.04. The number of hydrogen-bond acceptors (Lipinski definition) is 1. The number of amides is 1. The highest BCUT2D eigenvalue weighted by atomic mass is 79.9. The fraction of sp³-hybridized carbons (Fsp3) is 0.462. The summed E-state index contributed by atoms with van der Waals surface area (Å²) in [6.07, 6.45) is 3.42. The Morgan fingerprint density at radius 2 is 2.12 bits per heavy atom. The minimum absolute atomic E-state index is 0.0504. The Kier molecular flexibility index (Phi) is 3.64. The molecule has 2 unspecified atom stereocenters. The monoisotopic (exact) mass is 281 g/mol. The molecule has 16 heavy (non-hydrogen) atoms. The Labute approximate surface area is 105 Å². The summed E-state index contributed by atoms with van der Waals surface area (Å²) >= 11 is 3.61. The smallest absolute Gasteiger partial charge is 0.251 e. The van der Waals surface area contributed by atoms with Gasteiger partial charge in [0.05, 0.1) is 0 Å². The van der Waals surface area contributed by atoms with Gasteiger partial charge in [-0.15, -0.1) is 0 Å². The third kappa shape index (κ3) is 2.46. The molecule has 0 saturated heterocycles. The average molecular weight is 282 g/mol. The second-order valence-corrected chi connectivity index (χ2v) is 5.52. The van der Waals surface area contributed by atoms with Gasteiger partial charge in [0.2, 0.25) is 0 Å². The third-order valence-corrected chi connectivity index (χ3v) is 4.23. The molecule has 1 fully saturated rings. The molecule has 1 aliphatic carbocycles. The van der Waals surface area contributed by atoms with Crippen LogP contribution >= 0.6 is 15.9 Å². The molecule has 0 aliphatic heterocycles. The van der Waals surface area contributed by atoms with E-state index in [1.54, 1.807) is 0 Å². The Morgan fingerprint density at radius 3 is 2.75 bits per heavy atom. The van der Waals surface area contributed by atoms with Crippen molar-refractivity contribution in [1.29, 1.82) is 0 Å². The number of hydrogen-bond donors (Lipinski definition) is 1. The zero-order valence-corrected chi connectivity index (χ0v) is 11.0.